The number of para-hydroxylation sites is 1. The van der Waals surface area contributed by atoms with Crippen molar-refractivity contribution in [3.8, 4) is 56.5 Å². The SMILES string of the molecule is c1ccc(-c2nc(-c3ccccc3)nc(-c3ccc(-c4ccc5c(c4)oc4c(-c6cccc7cccnc67)nccc45)cc3)n2)cc1. The third kappa shape index (κ3) is 4.80. The van der Waals surface area contributed by atoms with Gasteiger partial charge < -0.3 is 4.42 Å². The van der Waals surface area contributed by atoms with E-state index in [1.807, 2.05) is 91.3 Å². The Morgan fingerprint density at radius 3 is 1.74 bits per heavy atom. The third-order valence-electron chi connectivity index (χ3n) is 8.45. The van der Waals surface area contributed by atoms with E-state index in [0.717, 1.165) is 71.9 Å². The first kappa shape index (κ1) is 26.8. The van der Waals surface area contributed by atoms with Crippen LogP contribution in [-0.2, 0) is 0 Å². The highest BCUT2D eigenvalue weighted by Crippen LogP contribution is 2.38. The third-order valence-corrected chi connectivity index (χ3v) is 8.45. The summed E-state index contributed by atoms with van der Waals surface area (Å²) in [4.78, 5) is 23.9. The molecule has 0 aliphatic rings. The van der Waals surface area contributed by atoms with E-state index in [9.17, 15) is 0 Å². The summed E-state index contributed by atoms with van der Waals surface area (Å²) in [6, 6.07) is 46.9. The molecule has 0 aliphatic carbocycles. The van der Waals surface area contributed by atoms with Gasteiger partial charge in [-0.15, -0.1) is 0 Å². The van der Waals surface area contributed by atoms with Crippen LogP contribution in [0.25, 0.3) is 89.4 Å². The van der Waals surface area contributed by atoms with E-state index in [-0.39, 0.29) is 0 Å². The Balaban J connectivity index is 1.10. The van der Waals surface area contributed by atoms with Gasteiger partial charge in [-0.3, -0.25) is 9.97 Å². The molecule has 0 fully saturated rings. The van der Waals surface area contributed by atoms with E-state index >= 15 is 0 Å². The Kier molecular flexibility index (Phi) is 6.35. The van der Waals surface area contributed by atoms with Crippen molar-refractivity contribution in [1.29, 1.82) is 0 Å². The molecule has 0 spiro atoms. The molecule has 0 amide bonds. The van der Waals surface area contributed by atoms with Gasteiger partial charge in [0, 0.05) is 50.8 Å². The van der Waals surface area contributed by atoms with Crippen LogP contribution in [0.1, 0.15) is 0 Å². The van der Waals surface area contributed by atoms with Gasteiger partial charge in [0.15, 0.2) is 23.1 Å². The number of nitrogens with zero attached hydrogens (tertiary/aromatic N) is 5. The Bertz CT molecular complexity index is 2500. The van der Waals surface area contributed by atoms with Crippen LogP contribution in [0.15, 0.2) is 156 Å². The fraction of sp³-hybridized carbons (Fsp3) is 0. The van der Waals surface area contributed by atoms with Gasteiger partial charge in [-0.05, 0) is 35.4 Å². The van der Waals surface area contributed by atoms with Crippen LogP contribution in [0, 0.1) is 0 Å². The summed E-state index contributed by atoms with van der Waals surface area (Å²) in [5.74, 6) is 1.91. The van der Waals surface area contributed by atoms with Crippen LogP contribution < -0.4 is 0 Å². The zero-order valence-corrected chi connectivity index (χ0v) is 25.1. The van der Waals surface area contributed by atoms with Gasteiger partial charge in [-0.2, -0.15) is 0 Å². The molecule has 0 saturated carbocycles. The Labute approximate surface area is 270 Å². The fourth-order valence-electron chi connectivity index (χ4n) is 6.12. The number of fused-ring (bicyclic) bond motifs is 4. The van der Waals surface area contributed by atoms with Crippen molar-refractivity contribution in [2.75, 3.05) is 0 Å². The molecule has 220 valence electrons. The maximum atomic E-state index is 6.54. The maximum absolute atomic E-state index is 6.54. The van der Waals surface area contributed by atoms with Gasteiger partial charge in [-0.25, -0.2) is 15.0 Å². The van der Waals surface area contributed by atoms with E-state index in [1.165, 1.54) is 0 Å². The molecule has 4 heterocycles. The van der Waals surface area contributed by atoms with Crippen LogP contribution in [0.5, 0.6) is 0 Å². The van der Waals surface area contributed by atoms with Crippen molar-refractivity contribution < 1.29 is 4.42 Å². The number of hydrogen-bond donors (Lipinski definition) is 0. The topological polar surface area (TPSA) is 77.6 Å². The fourth-order valence-corrected chi connectivity index (χ4v) is 6.12. The second-order valence-electron chi connectivity index (χ2n) is 11.3. The summed E-state index contributed by atoms with van der Waals surface area (Å²) in [5, 5.41) is 3.14. The maximum Gasteiger partial charge on any atom is 0.164 e. The summed E-state index contributed by atoms with van der Waals surface area (Å²) < 4.78 is 6.54. The molecule has 0 bridgehead atoms. The first-order valence-corrected chi connectivity index (χ1v) is 15.4. The van der Waals surface area contributed by atoms with Crippen LogP contribution in [0.4, 0.5) is 0 Å². The van der Waals surface area contributed by atoms with E-state index in [1.54, 1.807) is 0 Å². The van der Waals surface area contributed by atoms with Crippen molar-refractivity contribution in [3.63, 3.8) is 0 Å². The van der Waals surface area contributed by atoms with Gasteiger partial charge in [0.25, 0.3) is 0 Å². The largest absolute Gasteiger partial charge is 0.454 e. The molecule has 0 N–H and O–H groups in total. The van der Waals surface area contributed by atoms with Crippen LogP contribution >= 0.6 is 0 Å². The summed E-state index contributed by atoms with van der Waals surface area (Å²) in [7, 11) is 0. The van der Waals surface area contributed by atoms with Crippen LogP contribution in [-0.4, -0.2) is 24.9 Å². The lowest BCUT2D eigenvalue weighted by Gasteiger charge is -2.09. The minimum Gasteiger partial charge on any atom is -0.454 e. The molecule has 47 heavy (non-hydrogen) atoms. The lowest BCUT2D eigenvalue weighted by Crippen LogP contribution is -2.00. The number of rotatable bonds is 5. The lowest BCUT2D eigenvalue weighted by atomic mass is 10.0. The second-order valence-corrected chi connectivity index (χ2v) is 11.3. The average Bonchev–Trinajstić information content (AvgIpc) is 3.53. The lowest BCUT2D eigenvalue weighted by molar-refractivity contribution is 0.668. The predicted octanol–water partition coefficient (Wildman–Crippen LogP) is 10.0. The predicted molar refractivity (Wildman–Crippen MR) is 187 cm³/mol. The number of pyridine rings is 2. The van der Waals surface area contributed by atoms with Gasteiger partial charge in [0.2, 0.25) is 0 Å². The summed E-state index contributed by atoms with van der Waals surface area (Å²) in [5.41, 5.74) is 9.12. The summed E-state index contributed by atoms with van der Waals surface area (Å²) in [6.07, 6.45) is 3.65. The quantitative estimate of drug-likeness (QED) is 0.195. The molecule has 5 aromatic carbocycles. The monoisotopic (exact) mass is 603 g/mol. The van der Waals surface area contributed by atoms with E-state index in [4.69, 9.17) is 24.4 Å². The molecular weight excluding hydrogens is 578 g/mol. The second kappa shape index (κ2) is 11.1. The van der Waals surface area contributed by atoms with Crippen LogP contribution in [0.3, 0.4) is 0 Å². The smallest absolute Gasteiger partial charge is 0.164 e. The zero-order chi connectivity index (χ0) is 31.2. The number of furan rings is 1. The van der Waals surface area contributed by atoms with Gasteiger partial charge in [0.05, 0.1) is 5.52 Å². The minimum absolute atomic E-state index is 0.625. The summed E-state index contributed by atoms with van der Waals surface area (Å²) >= 11 is 0. The van der Waals surface area contributed by atoms with E-state index in [0.29, 0.717) is 17.5 Å². The molecule has 0 unspecified atom stereocenters. The Morgan fingerprint density at radius 1 is 0.426 bits per heavy atom. The van der Waals surface area contributed by atoms with Crippen molar-refractivity contribution in [2.45, 2.75) is 0 Å². The molecular formula is C41H25N5O. The number of hydrogen-bond acceptors (Lipinski definition) is 6. The van der Waals surface area contributed by atoms with Crippen molar-refractivity contribution in [2.24, 2.45) is 0 Å². The van der Waals surface area contributed by atoms with Gasteiger partial charge >= 0.3 is 0 Å². The first-order valence-electron chi connectivity index (χ1n) is 15.4. The highest BCUT2D eigenvalue weighted by atomic mass is 16.3. The van der Waals surface area contributed by atoms with Crippen LogP contribution in [0.2, 0.25) is 0 Å². The highest BCUT2D eigenvalue weighted by molar-refractivity contribution is 6.11. The van der Waals surface area contributed by atoms with E-state index < -0.39 is 0 Å². The zero-order valence-electron chi connectivity index (χ0n) is 25.1. The first-order chi connectivity index (χ1) is 23.3. The van der Waals surface area contributed by atoms with Crippen molar-refractivity contribution >= 4 is 32.8 Å². The molecule has 0 saturated heterocycles. The van der Waals surface area contributed by atoms with E-state index in [2.05, 4.69) is 65.6 Å². The normalized spacial score (nSPS) is 11.4. The molecule has 0 radical (unpaired) electrons. The van der Waals surface area contributed by atoms with Crippen molar-refractivity contribution in [1.82, 2.24) is 24.9 Å². The van der Waals surface area contributed by atoms with Crippen molar-refractivity contribution in [3.05, 3.63) is 152 Å². The average molecular weight is 604 g/mol. The number of benzene rings is 5. The molecule has 6 heteroatoms. The molecule has 0 atom stereocenters. The minimum atomic E-state index is 0.625. The molecule has 0 aliphatic heterocycles. The van der Waals surface area contributed by atoms with Gasteiger partial charge in [-0.1, -0.05) is 115 Å². The highest BCUT2D eigenvalue weighted by Gasteiger charge is 2.17. The molecule has 4 aromatic heterocycles. The Morgan fingerprint density at radius 2 is 1.04 bits per heavy atom. The molecule has 9 rings (SSSR count). The molecule has 9 aromatic rings. The standard InChI is InChI=1S/C41H25N5O/c1-3-9-28(10-4-1)39-44-40(29-11-5-2-6-12-29)46-41(45-39)30-18-16-26(17-19-30)31-20-21-32-33-22-24-43-37(38(33)47-35(32)25-31)34-15-7-13-27-14-8-23-42-36(27)34/h1-25H. The molecule has 6 nitrogen and oxygen atoms in total. The Hall–Kier alpha value is -6.53. The van der Waals surface area contributed by atoms with Gasteiger partial charge in [0.1, 0.15) is 11.3 Å². The summed E-state index contributed by atoms with van der Waals surface area (Å²) in [6.45, 7) is 0. The number of aromatic nitrogens is 5.